The molecule has 98 valence electrons. The van der Waals surface area contributed by atoms with E-state index in [1.54, 1.807) is 0 Å². The van der Waals surface area contributed by atoms with Gasteiger partial charge in [0.1, 0.15) is 0 Å². The number of carboxylic acids is 1. The number of aromatic nitrogens is 3. The summed E-state index contributed by atoms with van der Waals surface area (Å²) in [4.78, 5) is 15.6. The van der Waals surface area contributed by atoms with Crippen molar-refractivity contribution in [1.29, 1.82) is 0 Å². The minimum atomic E-state index is -0.829. The lowest BCUT2D eigenvalue weighted by atomic mass is 10.2. The van der Waals surface area contributed by atoms with Gasteiger partial charge in [-0.3, -0.25) is 9.20 Å². The molecule has 0 fully saturated rings. The van der Waals surface area contributed by atoms with E-state index in [0.29, 0.717) is 0 Å². The van der Waals surface area contributed by atoms with Gasteiger partial charge in [-0.15, -0.1) is 0 Å². The van der Waals surface area contributed by atoms with Gasteiger partial charge in [-0.25, -0.2) is 4.98 Å². The van der Waals surface area contributed by atoms with Crippen molar-refractivity contribution in [1.82, 2.24) is 14.0 Å². The maximum atomic E-state index is 11.0. The van der Waals surface area contributed by atoms with E-state index >= 15 is 0 Å². The fraction of sp³-hybridized carbons (Fsp3) is 0.286. The molecule has 0 saturated heterocycles. The molecule has 2 aromatic heterocycles. The number of rotatable bonds is 2. The summed E-state index contributed by atoms with van der Waals surface area (Å²) in [5.74, 6) is -0.0427. The number of carbonyl (C=O) groups is 1. The van der Waals surface area contributed by atoms with Gasteiger partial charge in [0, 0.05) is 12.7 Å². The summed E-state index contributed by atoms with van der Waals surface area (Å²) in [5, 5.41) is 9.07. The molecule has 0 spiro atoms. The van der Waals surface area contributed by atoms with Crippen LogP contribution < -0.4 is 0 Å². The number of nitrogens with zero attached hydrogens (tertiary/aromatic N) is 3. The first-order valence-electron chi connectivity index (χ1n) is 6.14. The van der Waals surface area contributed by atoms with Gasteiger partial charge in [-0.1, -0.05) is 6.07 Å². The second kappa shape index (κ2) is 3.85. The maximum absolute atomic E-state index is 11.0. The lowest BCUT2D eigenvalue weighted by Crippen LogP contribution is -2.05. The van der Waals surface area contributed by atoms with Crippen LogP contribution in [-0.4, -0.2) is 25.0 Å². The molecule has 3 rings (SSSR count). The van der Waals surface area contributed by atoms with E-state index in [-0.39, 0.29) is 6.42 Å². The molecule has 5 heteroatoms. The number of carboxylic acid groups (broad SMARTS) is 1. The highest BCUT2D eigenvalue weighted by Gasteiger charge is 2.18. The molecule has 0 unspecified atom stereocenters. The van der Waals surface area contributed by atoms with Crippen LogP contribution in [-0.2, 0) is 18.3 Å². The molecule has 1 N–H and O–H groups in total. The molecule has 2 heterocycles. The monoisotopic (exact) mass is 257 g/mol. The van der Waals surface area contributed by atoms with Crippen LogP contribution in [0.1, 0.15) is 17.0 Å². The third kappa shape index (κ3) is 1.62. The number of imidazole rings is 2. The predicted molar refractivity (Wildman–Crippen MR) is 72.5 cm³/mol. The average molecular weight is 257 g/mol. The summed E-state index contributed by atoms with van der Waals surface area (Å²) in [7, 11) is 1.91. The highest BCUT2D eigenvalue weighted by molar-refractivity contribution is 5.82. The van der Waals surface area contributed by atoms with E-state index in [1.807, 2.05) is 48.1 Å². The number of hydrogen-bond acceptors (Lipinski definition) is 2. The Morgan fingerprint density at radius 3 is 2.79 bits per heavy atom. The third-order valence-electron chi connectivity index (χ3n) is 3.60. The summed E-state index contributed by atoms with van der Waals surface area (Å²) in [6.07, 6.45) is 0.00249. The quantitative estimate of drug-likeness (QED) is 0.764. The van der Waals surface area contributed by atoms with Crippen molar-refractivity contribution in [2.24, 2.45) is 7.05 Å². The zero-order valence-electron chi connectivity index (χ0n) is 11.1. The summed E-state index contributed by atoms with van der Waals surface area (Å²) in [6.45, 7) is 3.94. The predicted octanol–water partition coefficient (Wildman–Crippen LogP) is 2.07. The molecular formula is C14H15N3O2. The van der Waals surface area contributed by atoms with E-state index in [9.17, 15) is 4.79 Å². The summed E-state index contributed by atoms with van der Waals surface area (Å²) in [5.41, 5.74) is 4.73. The second-order valence-corrected chi connectivity index (χ2v) is 4.90. The van der Waals surface area contributed by atoms with Crippen molar-refractivity contribution in [2.45, 2.75) is 20.3 Å². The minimum absolute atomic E-state index is 0.00249. The summed E-state index contributed by atoms with van der Waals surface area (Å²) < 4.78 is 3.88. The number of aryl methyl sites for hydroxylation is 2. The average Bonchev–Trinajstić information content (AvgIpc) is 2.80. The Morgan fingerprint density at radius 2 is 2.11 bits per heavy atom. The number of hydrogen-bond donors (Lipinski definition) is 1. The van der Waals surface area contributed by atoms with Crippen LogP contribution in [0.25, 0.3) is 16.8 Å². The SMILES string of the molecule is Cc1ccc2c(c1)nc1n(C)c(C)c(CC(=O)O)n21. The molecular weight excluding hydrogens is 242 g/mol. The minimum Gasteiger partial charge on any atom is -0.481 e. The summed E-state index contributed by atoms with van der Waals surface area (Å²) >= 11 is 0. The third-order valence-corrected chi connectivity index (χ3v) is 3.60. The van der Waals surface area contributed by atoms with Gasteiger partial charge in [0.15, 0.2) is 0 Å². The summed E-state index contributed by atoms with van der Waals surface area (Å²) in [6, 6.07) is 6.03. The standard InChI is InChI=1S/C14H15N3O2/c1-8-4-5-11-10(6-8)15-14-16(3)9(2)12(17(11)14)7-13(18)19/h4-6H,7H2,1-3H3,(H,18,19). The van der Waals surface area contributed by atoms with Crippen LogP contribution in [0, 0.1) is 13.8 Å². The Kier molecular flexibility index (Phi) is 2.38. The van der Waals surface area contributed by atoms with Gasteiger partial charge in [0.05, 0.1) is 23.1 Å². The van der Waals surface area contributed by atoms with E-state index in [0.717, 1.165) is 33.8 Å². The van der Waals surface area contributed by atoms with Crippen molar-refractivity contribution < 1.29 is 9.90 Å². The molecule has 0 aliphatic carbocycles. The number of aliphatic carboxylic acids is 1. The molecule has 0 aliphatic rings. The molecule has 0 aliphatic heterocycles. The fourth-order valence-corrected chi connectivity index (χ4v) is 2.52. The highest BCUT2D eigenvalue weighted by Crippen LogP contribution is 2.23. The van der Waals surface area contributed by atoms with E-state index < -0.39 is 5.97 Å². The van der Waals surface area contributed by atoms with Gasteiger partial charge >= 0.3 is 5.97 Å². The van der Waals surface area contributed by atoms with Crippen molar-refractivity contribution in [3.8, 4) is 0 Å². The molecule has 0 bridgehead atoms. The van der Waals surface area contributed by atoms with Gasteiger partial charge in [0.25, 0.3) is 0 Å². The highest BCUT2D eigenvalue weighted by atomic mass is 16.4. The smallest absolute Gasteiger partial charge is 0.309 e. The first-order valence-corrected chi connectivity index (χ1v) is 6.14. The Labute approximate surface area is 110 Å². The number of fused-ring (bicyclic) bond motifs is 3. The van der Waals surface area contributed by atoms with E-state index in [1.165, 1.54) is 0 Å². The molecule has 0 atom stereocenters. The van der Waals surface area contributed by atoms with E-state index in [4.69, 9.17) is 5.11 Å². The Morgan fingerprint density at radius 1 is 1.37 bits per heavy atom. The van der Waals surface area contributed by atoms with Crippen molar-refractivity contribution in [3.63, 3.8) is 0 Å². The molecule has 19 heavy (non-hydrogen) atoms. The molecule has 0 saturated carbocycles. The van der Waals surface area contributed by atoms with Crippen LogP contribution in [0.15, 0.2) is 18.2 Å². The molecule has 3 aromatic rings. The topological polar surface area (TPSA) is 59.5 Å². The number of benzene rings is 1. The fourth-order valence-electron chi connectivity index (χ4n) is 2.52. The molecule has 5 nitrogen and oxygen atoms in total. The normalized spacial score (nSPS) is 11.5. The lowest BCUT2D eigenvalue weighted by molar-refractivity contribution is -0.136. The van der Waals surface area contributed by atoms with Gasteiger partial charge in [-0.05, 0) is 31.5 Å². The van der Waals surface area contributed by atoms with Crippen molar-refractivity contribution >= 4 is 22.8 Å². The first kappa shape index (κ1) is 11.8. The first-order chi connectivity index (χ1) is 8.99. The molecule has 1 aromatic carbocycles. The van der Waals surface area contributed by atoms with Crippen LogP contribution >= 0.6 is 0 Å². The van der Waals surface area contributed by atoms with Gasteiger partial charge in [0.2, 0.25) is 5.78 Å². The van der Waals surface area contributed by atoms with E-state index in [2.05, 4.69) is 4.98 Å². The largest absolute Gasteiger partial charge is 0.481 e. The van der Waals surface area contributed by atoms with Crippen LogP contribution in [0.2, 0.25) is 0 Å². The molecule has 0 amide bonds. The Hall–Kier alpha value is -2.30. The van der Waals surface area contributed by atoms with Gasteiger partial charge in [-0.2, -0.15) is 0 Å². The Bertz CT molecular complexity index is 811. The molecule has 0 radical (unpaired) electrons. The zero-order valence-corrected chi connectivity index (χ0v) is 11.1. The van der Waals surface area contributed by atoms with Crippen molar-refractivity contribution in [3.05, 3.63) is 35.2 Å². The van der Waals surface area contributed by atoms with Crippen LogP contribution in [0.4, 0.5) is 0 Å². The second-order valence-electron chi connectivity index (χ2n) is 4.90. The van der Waals surface area contributed by atoms with Crippen LogP contribution in [0.3, 0.4) is 0 Å². The Balaban J connectivity index is 2.43. The van der Waals surface area contributed by atoms with Crippen molar-refractivity contribution in [2.75, 3.05) is 0 Å². The maximum Gasteiger partial charge on any atom is 0.309 e. The zero-order chi connectivity index (χ0) is 13.7. The van der Waals surface area contributed by atoms with Gasteiger partial charge < -0.3 is 9.67 Å². The lowest BCUT2D eigenvalue weighted by Gasteiger charge is -2.00. The van der Waals surface area contributed by atoms with Crippen LogP contribution in [0.5, 0.6) is 0 Å².